The Bertz CT molecular complexity index is 1640. The minimum atomic E-state index is -0.674. The van der Waals surface area contributed by atoms with E-state index in [0.29, 0.717) is 34.0 Å². The molecule has 0 fully saturated rings. The fourth-order valence-corrected chi connectivity index (χ4v) is 5.52. The first kappa shape index (κ1) is 22.3. The van der Waals surface area contributed by atoms with Gasteiger partial charge in [-0.05, 0) is 55.3 Å². The Hall–Kier alpha value is -4.15. The minimum Gasteiger partial charge on any atom is -0.496 e. The second kappa shape index (κ2) is 7.94. The molecule has 1 atom stereocenters. The summed E-state index contributed by atoms with van der Waals surface area (Å²) in [7, 11) is 1.59. The third kappa shape index (κ3) is 2.88. The van der Waals surface area contributed by atoms with Gasteiger partial charge in [0.25, 0.3) is 5.91 Å². The van der Waals surface area contributed by atoms with Crippen molar-refractivity contribution in [1.29, 1.82) is 5.26 Å². The maximum absolute atomic E-state index is 15.6. The number of carbonyl (C=O) groups is 1. The lowest BCUT2D eigenvalue weighted by molar-refractivity contribution is 0.0988. The van der Waals surface area contributed by atoms with Crippen LogP contribution in [0.4, 0.5) is 10.1 Å². The molecule has 3 heterocycles. The first-order valence-electron chi connectivity index (χ1n) is 11.5. The molecule has 1 unspecified atom stereocenters. The molecule has 36 heavy (non-hydrogen) atoms. The number of ether oxygens (including phenoxy) is 1. The summed E-state index contributed by atoms with van der Waals surface area (Å²) >= 11 is 6.17. The topological polar surface area (TPSA) is 71.2 Å². The zero-order valence-electron chi connectivity index (χ0n) is 19.7. The van der Waals surface area contributed by atoms with E-state index in [-0.39, 0.29) is 22.4 Å². The summed E-state index contributed by atoms with van der Waals surface area (Å²) < 4.78 is 23.2. The van der Waals surface area contributed by atoms with Gasteiger partial charge in [-0.1, -0.05) is 35.9 Å². The van der Waals surface area contributed by atoms with Gasteiger partial charge in [0.2, 0.25) is 0 Å². The molecule has 6 rings (SSSR count). The minimum absolute atomic E-state index is 0.0682. The first-order valence-corrected chi connectivity index (χ1v) is 11.9. The molecule has 0 saturated carbocycles. The molecule has 0 saturated heterocycles. The van der Waals surface area contributed by atoms with Crippen LogP contribution < -0.4 is 9.64 Å². The SMILES string of the molecule is COc1ccccc1-c1nc2c(n1C(C)C)C1c3ccc(C#N)cc3-c3ccc(Cl)c(F)c3N1C2=O. The van der Waals surface area contributed by atoms with Gasteiger partial charge in [-0.15, -0.1) is 0 Å². The van der Waals surface area contributed by atoms with Gasteiger partial charge in [0, 0.05) is 11.6 Å². The number of nitriles is 1. The van der Waals surface area contributed by atoms with Crippen molar-refractivity contribution in [2.75, 3.05) is 12.0 Å². The molecule has 2 aliphatic heterocycles. The van der Waals surface area contributed by atoms with Crippen LogP contribution in [-0.2, 0) is 0 Å². The maximum atomic E-state index is 15.6. The van der Waals surface area contributed by atoms with E-state index in [1.807, 2.05) is 48.7 Å². The highest BCUT2D eigenvalue weighted by Gasteiger charge is 2.49. The summed E-state index contributed by atoms with van der Waals surface area (Å²) in [5.74, 6) is 0.168. The predicted molar refractivity (Wildman–Crippen MR) is 135 cm³/mol. The fraction of sp³-hybridized carbons (Fsp3) is 0.179. The van der Waals surface area contributed by atoms with Crippen molar-refractivity contribution in [3.63, 3.8) is 0 Å². The Morgan fingerprint density at radius 3 is 2.61 bits per heavy atom. The molecular weight excluding hydrogens is 479 g/mol. The number of benzene rings is 3. The molecule has 8 heteroatoms. The van der Waals surface area contributed by atoms with Gasteiger partial charge in [-0.25, -0.2) is 9.37 Å². The average Bonchev–Trinajstić information content (AvgIpc) is 3.41. The maximum Gasteiger partial charge on any atom is 0.279 e. The highest BCUT2D eigenvalue weighted by atomic mass is 35.5. The molecule has 0 spiro atoms. The number of halogens is 2. The van der Waals surface area contributed by atoms with Gasteiger partial charge in [0.15, 0.2) is 11.5 Å². The number of aromatic nitrogens is 2. The number of hydrogen-bond donors (Lipinski definition) is 0. The van der Waals surface area contributed by atoms with Gasteiger partial charge >= 0.3 is 0 Å². The fourth-order valence-electron chi connectivity index (χ4n) is 5.37. The molecule has 178 valence electrons. The molecule has 2 aliphatic rings. The standard InChI is InChI=1S/C28H20ClFN4O2/c1-14(2)33-26-23(32-27(33)18-6-4-5-7-21(18)36-3)28(35)34-24-16(10-11-20(29)22(24)30)19-12-15(13-31)8-9-17(19)25(26)34/h4-12,14,25H,1-3H3. The molecule has 4 aromatic rings. The number of fused-ring (bicyclic) bond motifs is 8. The number of rotatable bonds is 3. The molecule has 0 radical (unpaired) electrons. The molecule has 1 aromatic heterocycles. The lowest BCUT2D eigenvalue weighted by atomic mass is 9.86. The number of carbonyl (C=O) groups excluding carboxylic acids is 1. The number of anilines is 1. The molecule has 1 amide bonds. The smallest absolute Gasteiger partial charge is 0.279 e. The third-order valence-corrected chi connectivity index (χ3v) is 7.12. The van der Waals surface area contributed by atoms with Gasteiger partial charge in [-0.2, -0.15) is 5.26 Å². The average molecular weight is 499 g/mol. The highest BCUT2D eigenvalue weighted by Crippen LogP contribution is 2.54. The number of para-hydroxylation sites is 1. The van der Waals surface area contributed by atoms with E-state index in [0.717, 1.165) is 11.1 Å². The number of hydrogen-bond acceptors (Lipinski definition) is 4. The quantitative estimate of drug-likeness (QED) is 0.322. The number of methoxy groups -OCH3 is 1. The molecular formula is C28H20ClFN4O2. The van der Waals surface area contributed by atoms with E-state index in [9.17, 15) is 10.1 Å². The van der Waals surface area contributed by atoms with E-state index < -0.39 is 17.8 Å². The zero-order valence-corrected chi connectivity index (χ0v) is 20.5. The predicted octanol–water partition coefficient (Wildman–Crippen LogP) is 6.53. The lowest BCUT2D eigenvalue weighted by Gasteiger charge is -2.35. The second-order valence-corrected chi connectivity index (χ2v) is 9.49. The summed E-state index contributed by atoms with van der Waals surface area (Å²) in [6, 6.07) is 17.4. The monoisotopic (exact) mass is 498 g/mol. The Morgan fingerprint density at radius 2 is 1.89 bits per heavy atom. The van der Waals surface area contributed by atoms with Crippen molar-refractivity contribution >= 4 is 23.2 Å². The van der Waals surface area contributed by atoms with Crippen molar-refractivity contribution < 1.29 is 13.9 Å². The highest BCUT2D eigenvalue weighted by molar-refractivity contribution is 6.31. The number of amides is 1. The van der Waals surface area contributed by atoms with E-state index in [2.05, 4.69) is 6.07 Å². The molecule has 0 aliphatic carbocycles. The van der Waals surface area contributed by atoms with E-state index >= 15 is 4.39 Å². The summed E-state index contributed by atoms with van der Waals surface area (Å²) in [5, 5.41) is 9.46. The first-order chi connectivity index (χ1) is 17.4. The van der Waals surface area contributed by atoms with Crippen LogP contribution in [0, 0.1) is 17.1 Å². The number of imidazole rings is 1. The largest absolute Gasteiger partial charge is 0.496 e. The Balaban J connectivity index is 1.69. The van der Waals surface area contributed by atoms with Crippen molar-refractivity contribution in [2.24, 2.45) is 0 Å². The zero-order chi connectivity index (χ0) is 25.3. The van der Waals surface area contributed by atoms with Crippen LogP contribution in [-0.4, -0.2) is 22.6 Å². The van der Waals surface area contributed by atoms with Crippen molar-refractivity contribution in [3.8, 4) is 34.3 Å². The summed E-state index contributed by atoms with van der Waals surface area (Å²) in [4.78, 5) is 20.2. The van der Waals surface area contributed by atoms with Gasteiger partial charge < -0.3 is 9.30 Å². The Morgan fingerprint density at radius 1 is 1.11 bits per heavy atom. The van der Waals surface area contributed by atoms with Crippen LogP contribution in [0.5, 0.6) is 5.75 Å². The summed E-state index contributed by atoms with van der Waals surface area (Å²) in [5.41, 5.74) is 4.24. The second-order valence-electron chi connectivity index (χ2n) is 9.08. The lowest BCUT2D eigenvalue weighted by Crippen LogP contribution is -2.34. The van der Waals surface area contributed by atoms with Crippen LogP contribution in [0.25, 0.3) is 22.5 Å². The molecule has 3 aromatic carbocycles. The van der Waals surface area contributed by atoms with E-state index in [1.165, 1.54) is 11.0 Å². The van der Waals surface area contributed by atoms with Crippen LogP contribution in [0.15, 0.2) is 54.6 Å². The molecule has 6 nitrogen and oxygen atoms in total. The van der Waals surface area contributed by atoms with Gasteiger partial charge in [0.05, 0.1) is 40.7 Å². The summed E-state index contributed by atoms with van der Waals surface area (Å²) in [6.07, 6.45) is 0. The van der Waals surface area contributed by atoms with Crippen molar-refractivity contribution in [1.82, 2.24) is 9.55 Å². The van der Waals surface area contributed by atoms with Gasteiger partial charge in [0.1, 0.15) is 17.6 Å². The van der Waals surface area contributed by atoms with Crippen LogP contribution in [0.2, 0.25) is 5.02 Å². The Labute approximate surface area is 212 Å². The number of nitrogens with zero attached hydrogens (tertiary/aromatic N) is 4. The van der Waals surface area contributed by atoms with Crippen LogP contribution in [0.3, 0.4) is 0 Å². The van der Waals surface area contributed by atoms with Crippen molar-refractivity contribution in [3.05, 3.63) is 88.0 Å². The summed E-state index contributed by atoms with van der Waals surface area (Å²) in [6.45, 7) is 4.03. The molecule has 0 N–H and O–H groups in total. The Kier molecular flexibility index (Phi) is 4.92. The van der Waals surface area contributed by atoms with Crippen LogP contribution >= 0.6 is 11.6 Å². The molecule has 0 bridgehead atoms. The van der Waals surface area contributed by atoms with Gasteiger partial charge in [-0.3, -0.25) is 9.69 Å². The normalized spacial score (nSPS) is 15.3. The van der Waals surface area contributed by atoms with E-state index in [1.54, 1.807) is 25.3 Å². The third-order valence-electron chi connectivity index (χ3n) is 6.83. The van der Waals surface area contributed by atoms with E-state index in [4.69, 9.17) is 21.3 Å². The van der Waals surface area contributed by atoms with Crippen LogP contribution in [0.1, 0.15) is 53.2 Å². The van der Waals surface area contributed by atoms with Crippen molar-refractivity contribution in [2.45, 2.75) is 25.9 Å².